The van der Waals surface area contributed by atoms with E-state index in [1.54, 1.807) is 30.2 Å². The first-order chi connectivity index (χ1) is 12.1. The van der Waals surface area contributed by atoms with Gasteiger partial charge in [-0.1, -0.05) is 35.9 Å². The third kappa shape index (κ3) is 3.16. The number of nitrogens with one attached hydrogen (secondary N) is 1. The molecule has 0 aromatic heterocycles. The summed E-state index contributed by atoms with van der Waals surface area (Å²) in [6.07, 6.45) is -0.550. The number of carbonyl (C=O) groups excluding carboxylic acids is 1. The van der Waals surface area contributed by atoms with Crippen LogP contribution >= 0.6 is 24.2 Å². The standard InChI is InChI=1S/C18H14ClN3O2S/c1-24-15-5-3-2-4-14(15)22-16(11-6-8-12(19)9-7-11)21-17(23)13(10-20)18(22)25/h2-9,16,25H,1H3,(H,21,23). The molecule has 126 valence electrons. The lowest BCUT2D eigenvalue weighted by Gasteiger charge is -2.38. The first-order valence-electron chi connectivity index (χ1n) is 7.38. The van der Waals surface area contributed by atoms with Gasteiger partial charge >= 0.3 is 0 Å². The molecule has 3 rings (SSSR count). The fraction of sp³-hybridized carbons (Fsp3) is 0.111. The molecule has 1 unspecified atom stereocenters. The van der Waals surface area contributed by atoms with Crippen LogP contribution in [0.5, 0.6) is 5.75 Å². The number of nitriles is 1. The number of hydrogen-bond donors (Lipinski definition) is 2. The van der Waals surface area contributed by atoms with Crippen LogP contribution in [0, 0.1) is 11.3 Å². The minimum atomic E-state index is -0.550. The van der Waals surface area contributed by atoms with E-state index in [1.165, 1.54) is 0 Å². The molecular formula is C18H14ClN3O2S. The Labute approximate surface area is 155 Å². The summed E-state index contributed by atoms with van der Waals surface area (Å²) < 4.78 is 5.43. The van der Waals surface area contributed by atoms with E-state index in [0.717, 1.165) is 5.56 Å². The third-order valence-electron chi connectivity index (χ3n) is 3.85. The Bertz CT molecular complexity index is 890. The number of halogens is 1. The van der Waals surface area contributed by atoms with Gasteiger partial charge in [-0.25, -0.2) is 0 Å². The molecule has 1 N–H and O–H groups in total. The minimum Gasteiger partial charge on any atom is -0.495 e. The first-order valence-corrected chi connectivity index (χ1v) is 8.21. The third-order valence-corrected chi connectivity index (χ3v) is 4.54. The molecule has 1 amide bonds. The van der Waals surface area contributed by atoms with Gasteiger partial charge in [0.05, 0.1) is 17.8 Å². The molecule has 0 bridgehead atoms. The van der Waals surface area contributed by atoms with E-state index in [0.29, 0.717) is 16.5 Å². The van der Waals surface area contributed by atoms with E-state index >= 15 is 0 Å². The van der Waals surface area contributed by atoms with E-state index < -0.39 is 12.1 Å². The summed E-state index contributed by atoms with van der Waals surface area (Å²) in [5, 5.41) is 13.0. The van der Waals surface area contributed by atoms with Crippen molar-refractivity contribution in [2.75, 3.05) is 12.0 Å². The smallest absolute Gasteiger partial charge is 0.266 e. The fourth-order valence-corrected chi connectivity index (χ4v) is 3.17. The van der Waals surface area contributed by atoms with Crippen LogP contribution in [-0.4, -0.2) is 13.0 Å². The number of carbonyl (C=O) groups is 1. The molecule has 0 saturated carbocycles. The molecule has 0 radical (unpaired) electrons. The van der Waals surface area contributed by atoms with Crippen molar-refractivity contribution in [2.24, 2.45) is 0 Å². The molecular weight excluding hydrogens is 358 g/mol. The maximum Gasteiger partial charge on any atom is 0.266 e. The van der Waals surface area contributed by atoms with E-state index in [4.69, 9.17) is 16.3 Å². The molecule has 1 atom stereocenters. The number of thiol groups is 1. The molecule has 0 fully saturated rings. The quantitative estimate of drug-likeness (QED) is 0.808. The van der Waals surface area contributed by atoms with Gasteiger partial charge in [0.1, 0.15) is 23.6 Å². The first kappa shape index (κ1) is 17.2. The Morgan fingerprint density at radius 1 is 1.24 bits per heavy atom. The number of amides is 1. The lowest BCUT2D eigenvalue weighted by atomic mass is 10.1. The minimum absolute atomic E-state index is 0.0561. The number of anilines is 1. The van der Waals surface area contributed by atoms with Crippen LogP contribution in [0.3, 0.4) is 0 Å². The Hall–Kier alpha value is -2.62. The zero-order valence-corrected chi connectivity index (χ0v) is 14.9. The monoisotopic (exact) mass is 371 g/mol. The maximum absolute atomic E-state index is 12.3. The van der Waals surface area contributed by atoms with Crippen LogP contribution in [0.15, 0.2) is 59.1 Å². The number of para-hydroxylation sites is 2. The molecule has 0 aliphatic carbocycles. The lowest BCUT2D eigenvalue weighted by Crippen LogP contribution is -2.46. The highest BCUT2D eigenvalue weighted by Gasteiger charge is 2.35. The van der Waals surface area contributed by atoms with Crippen molar-refractivity contribution >= 4 is 35.8 Å². The van der Waals surface area contributed by atoms with E-state index in [9.17, 15) is 10.1 Å². The van der Waals surface area contributed by atoms with Gasteiger partial charge in [0.15, 0.2) is 0 Å². The van der Waals surface area contributed by atoms with Crippen molar-refractivity contribution in [3.63, 3.8) is 0 Å². The molecule has 1 heterocycles. The van der Waals surface area contributed by atoms with Crippen LogP contribution in [0.25, 0.3) is 0 Å². The molecule has 5 nitrogen and oxygen atoms in total. The Morgan fingerprint density at radius 3 is 2.56 bits per heavy atom. The van der Waals surface area contributed by atoms with Crippen LogP contribution in [0.1, 0.15) is 11.7 Å². The van der Waals surface area contributed by atoms with E-state index in [-0.39, 0.29) is 10.6 Å². The topological polar surface area (TPSA) is 65.4 Å². The fourth-order valence-electron chi connectivity index (χ4n) is 2.67. The summed E-state index contributed by atoms with van der Waals surface area (Å²) in [7, 11) is 1.56. The van der Waals surface area contributed by atoms with E-state index in [2.05, 4.69) is 17.9 Å². The van der Waals surface area contributed by atoms with Crippen LogP contribution in [0.2, 0.25) is 5.02 Å². The SMILES string of the molecule is COc1ccccc1N1C(S)=C(C#N)C(=O)NC1c1ccc(Cl)cc1. The van der Waals surface area contributed by atoms with Crippen molar-refractivity contribution in [2.45, 2.75) is 6.17 Å². The highest BCUT2D eigenvalue weighted by atomic mass is 35.5. The Balaban J connectivity index is 2.20. The number of rotatable bonds is 3. The van der Waals surface area contributed by atoms with Gasteiger partial charge in [-0.15, -0.1) is 12.6 Å². The van der Waals surface area contributed by atoms with Gasteiger partial charge in [-0.2, -0.15) is 5.26 Å². The van der Waals surface area contributed by atoms with Gasteiger partial charge in [-0.3, -0.25) is 4.79 Å². The highest BCUT2D eigenvalue weighted by molar-refractivity contribution is 7.84. The van der Waals surface area contributed by atoms with Crippen molar-refractivity contribution < 1.29 is 9.53 Å². The second kappa shape index (κ2) is 7.09. The largest absolute Gasteiger partial charge is 0.495 e. The van der Waals surface area contributed by atoms with Crippen LogP contribution in [0.4, 0.5) is 5.69 Å². The van der Waals surface area contributed by atoms with Crippen LogP contribution < -0.4 is 15.0 Å². The number of nitrogens with zero attached hydrogens (tertiary/aromatic N) is 2. The van der Waals surface area contributed by atoms with Gasteiger partial charge in [0.2, 0.25) is 0 Å². The molecule has 25 heavy (non-hydrogen) atoms. The van der Waals surface area contributed by atoms with Gasteiger partial charge in [-0.05, 0) is 29.8 Å². The van der Waals surface area contributed by atoms with Crippen molar-refractivity contribution in [3.05, 3.63) is 69.7 Å². The molecule has 1 aliphatic rings. The second-order valence-corrected chi connectivity index (χ2v) is 6.14. The zero-order chi connectivity index (χ0) is 18.0. The average Bonchev–Trinajstić information content (AvgIpc) is 2.62. The van der Waals surface area contributed by atoms with Crippen molar-refractivity contribution in [1.82, 2.24) is 5.32 Å². The van der Waals surface area contributed by atoms with E-state index in [1.807, 2.05) is 36.4 Å². The highest BCUT2D eigenvalue weighted by Crippen LogP contribution is 2.40. The summed E-state index contributed by atoms with van der Waals surface area (Å²) in [4.78, 5) is 14.0. The Morgan fingerprint density at radius 2 is 1.92 bits per heavy atom. The molecule has 7 heteroatoms. The normalized spacial score (nSPS) is 17.1. The number of ether oxygens (including phenoxy) is 1. The van der Waals surface area contributed by atoms with Crippen LogP contribution in [-0.2, 0) is 4.79 Å². The van der Waals surface area contributed by atoms with Gasteiger partial charge in [0, 0.05) is 5.02 Å². The number of hydrogen-bond acceptors (Lipinski definition) is 5. The molecule has 1 aliphatic heterocycles. The van der Waals surface area contributed by atoms with Crippen molar-refractivity contribution in [1.29, 1.82) is 5.26 Å². The van der Waals surface area contributed by atoms with Gasteiger partial charge < -0.3 is 15.0 Å². The second-order valence-electron chi connectivity index (χ2n) is 5.28. The molecule has 0 saturated heterocycles. The molecule has 0 spiro atoms. The predicted octanol–water partition coefficient (Wildman–Crippen LogP) is 3.65. The van der Waals surface area contributed by atoms with Crippen molar-refractivity contribution in [3.8, 4) is 11.8 Å². The molecule has 2 aromatic rings. The zero-order valence-electron chi connectivity index (χ0n) is 13.2. The lowest BCUT2D eigenvalue weighted by molar-refractivity contribution is -0.118. The molecule has 2 aromatic carbocycles. The van der Waals surface area contributed by atoms with Gasteiger partial charge in [0.25, 0.3) is 5.91 Å². The summed E-state index contributed by atoms with van der Waals surface area (Å²) in [6, 6.07) is 16.4. The summed E-state index contributed by atoms with van der Waals surface area (Å²) in [6.45, 7) is 0. The number of benzene rings is 2. The summed E-state index contributed by atoms with van der Waals surface area (Å²) >= 11 is 10.4. The summed E-state index contributed by atoms with van der Waals surface area (Å²) in [5.74, 6) is 0.125. The average molecular weight is 372 g/mol. The maximum atomic E-state index is 12.3. The predicted molar refractivity (Wildman–Crippen MR) is 99.4 cm³/mol. The Kier molecular flexibility index (Phi) is 4.88. The number of methoxy groups -OCH3 is 1. The summed E-state index contributed by atoms with van der Waals surface area (Å²) in [5.41, 5.74) is 1.43.